The summed E-state index contributed by atoms with van der Waals surface area (Å²) in [4.78, 5) is 14.0. The standard InChI is InChI=1S/C12H25N3O/c1-3-11(13)8-12(16)14-10(2)9-15-6-4-5-7-15/h10-11H,3-9,13H2,1-2H3,(H,14,16). The molecule has 94 valence electrons. The van der Waals surface area contributed by atoms with Crippen LogP contribution in [0.25, 0.3) is 0 Å². The van der Waals surface area contributed by atoms with Crippen LogP contribution in [0.1, 0.15) is 39.5 Å². The summed E-state index contributed by atoms with van der Waals surface area (Å²) in [7, 11) is 0. The first-order valence-corrected chi connectivity index (χ1v) is 6.39. The molecule has 4 heteroatoms. The molecule has 2 atom stereocenters. The summed E-state index contributed by atoms with van der Waals surface area (Å²) >= 11 is 0. The zero-order valence-corrected chi connectivity index (χ0v) is 10.5. The van der Waals surface area contributed by atoms with Crippen molar-refractivity contribution in [3.63, 3.8) is 0 Å². The predicted octanol–water partition coefficient (Wildman–Crippen LogP) is 0.714. The molecule has 0 radical (unpaired) electrons. The van der Waals surface area contributed by atoms with E-state index in [4.69, 9.17) is 5.73 Å². The summed E-state index contributed by atoms with van der Waals surface area (Å²) in [5.41, 5.74) is 5.74. The lowest BCUT2D eigenvalue weighted by Crippen LogP contribution is -2.42. The van der Waals surface area contributed by atoms with Gasteiger partial charge in [0.25, 0.3) is 0 Å². The topological polar surface area (TPSA) is 58.4 Å². The second kappa shape index (κ2) is 6.86. The molecule has 1 saturated heterocycles. The van der Waals surface area contributed by atoms with E-state index in [-0.39, 0.29) is 18.0 Å². The van der Waals surface area contributed by atoms with Crippen molar-refractivity contribution in [3.05, 3.63) is 0 Å². The van der Waals surface area contributed by atoms with Crippen molar-refractivity contribution >= 4 is 5.91 Å². The first kappa shape index (κ1) is 13.5. The quantitative estimate of drug-likeness (QED) is 0.703. The van der Waals surface area contributed by atoms with Crippen LogP contribution in [0.15, 0.2) is 0 Å². The van der Waals surface area contributed by atoms with Crippen LogP contribution < -0.4 is 11.1 Å². The normalized spacial score (nSPS) is 20.7. The molecule has 3 N–H and O–H groups in total. The minimum Gasteiger partial charge on any atom is -0.352 e. The van der Waals surface area contributed by atoms with Gasteiger partial charge in [0.15, 0.2) is 0 Å². The molecule has 1 amide bonds. The second-order valence-corrected chi connectivity index (χ2v) is 4.85. The van der Waals surface area contributed by atoms with Crippen LogP contribution in [0.3, 0.4) is 0 Å². The highest BCUT2D eigenvalue weighted by Gasteiger charge is 2.16. The average Bonchev–Trinajstić information content (AvgIpc) is 2.69. The molecule has 1 fully saturated rings. The summed E-state index contributed by atoms with van der Waals surface area (Å²) < 4.78 is 0. The van der Waals surface area contributed by atoms with Crippen molar-refractivity contribution in [2.45, 2.75) is 51.6 Å². The number of nitrogens with one attached hydrogen (secondary N) is 1. The summed E-state index contributed by atoms with van der Waals surface area (Å²) in [6.07, 6.45) is 3.89. The lowest BCUT2D eigenvalue weighted by Gasteiger charge is -2.21. The van der Waals surface area contributed by atoms with Gasteiger partial charge in [-0.05, 0) is 39.3 Å². The van der Waals surface area contributed by atoms with Crippen LogP contribution in [-0.2, 0) is 4.79 Å². The van der Waals surface area contributed by atoms with Gasteiger partial charge in [-0.15, -0.1) is 0 Å². The zero-order chi connectivity index (χ0) is 12.0. The molecule has 0 bridgehead atoms. The molecule has 4 nitrogen and oxygen atoms in total. The lowest BCUT2D eigenvalue weighted by atomic mass is 10.1. The molecule has 0 aliphatic carbocycles. The molecule has 0 aromatic carbocycles. The van der Waals surface area contributed by atoms with Crippen molar-refractivity contribution in [1.82, 2.24) is 10.2 Å². The van der Waals surface area contributed by atoms with E-state index in [1.54, 1.807) is 0 Å². The number of hydrogen-bond donors (Lipinski definition) is 2. The number of amides is 1. The summed E-state index contributed by atoms with van der Waals surface area (Å²) in [5.74, 6) is 0.0843. The van der Waals surface area contributed by atoms with Gasteiger partial charge in [-0.3, -0.25) is 4.79 Å². The third-order valence-electron chi connectivity index (χ3n) is 3.11. The van der Waals surface area contributed by atoms with Crippen molar-refractivity contribution in [2.75, 3.05) is 19.6 Å². The van der Waals surface area contributed by atoms with Crippen molar-refractivity contribution in [1.29, 1.82) is 0 Å². The number of nitrogens with zero attached hydrogens (tertiary/aromatic N) is 1. The van der Waals surface area contributed by atoms with Gasteiger partial charge in [-0.1, -0.05) is 6.92 Å². The Balaban J connectivity index is 2.17. The van der Waals surface area contributed by atoms with Gasteiger partial charge in [0.05, 0.1) is 0 Å². The predicted molar refractivity (Wildman–Crippen MR) is 66.2 cm³/mol. The highest BCUT2D eigenvalue weighted by molar-refractivity contribution is 5.76. The monoisotopic (exact) mass is 227 g/mol. The fourth-order valence-electron chi connectivity index (χ4n) is 2.11. The van der Waals surface area contributed by atoms with Crippen molar-refractivity contribution in [2.24, 2.45) is 5.73 Å². The number of likely N-dealkylation sites (tertiary alicyclic amines) is 1. The Morgan fingerprint density at radius 3 is 2.62 bits per heavy atom. The summed E-state index contributed by atoms with van der Waals surface area (Å²) in [6.45, 7) is 7.38. The highest BCUT2D eigenvalue weighted by Crippen LogP contribution is 2.07. The maximum absolute atomic E-state index is 11.6. The fourth-order valence-corrected chi connectivity index (χ4v) is 2.11. The Bertz CT molecular complexity index is 214. The number of hydrogen-bond acceptors (Lipinski definition) is 3. The van der Waals surface area contributed by atoms with Gasteiger partial charge in [0.2, 0.25) is 5.91 Å². The smallest absolute Gasteiger partial charge is 0.221 e. The van der Waals surface area contributed by atoms with Crippen molar-refractivity contribution in [3.8, 4) is 0 Å². The van der Waals surface area contributed by atoms with Crippen LogP contribution in [0.4, 0.5) is 0 Å². The van der Waals surface area contributed by atoms with E-state index in [9.17, 15) is 4.79 Å². The maximum atomic E-state index is 11.6. The molecule has 0 spiro atoms. The molecular weight excluding hydrogens is 202 g/mol. The number of nitrogens with two attached hydrogens (primary N) is 1. The molecule has 1 aliphatic heterocycles. The van der Waals surface area contributed by atoms with Crippen molar-refractivity contribution < 1.29 is 4.79 Å². The molecule has 2 unspecified atom stereocenters. The molecular formula is C12H25N3O. The van der Waals surface area contributed by atoms with Gasteiger partial charge >= 0.3 is 0 Å². The van der Waals surface area contributed by atoms with Crippen LogP contribution in [0, 0.1) is 0 Å². The zero-order valence-electron chi connectivity index (χ0n) is 10.5. The Morgan fingerprint density at radius 2 is 2.06 bits per heavy atom. The minimum atomic E-state index is -0.000938. The first-order chi connectivity index (χ1) is 7.61. The van der Waals surface area contributed by atoms with Crippen LogP contribution >= 0.6 is 0 Å². The first-order valence-electron chi connectivity index (χ1n) is 6.39. The van der Waals surface area contributed by atoms with E-state index in [0.717, 1.165) is 13.0 Å². The molecule has 1 heterocycles. The van der Waals surface area contributed by atoms with E-state index in [1.807, 2.05) is 6.92 Å². The Morgan fingerprint density at radius 1 is 1.44 bits per heavy atom. The third-order valence-corrected chi connectivity index (χ3v) is 3.11. The van der Waals surface area contributed by atoms with Crippen LogP contribution in [0.5, 0.6) is 0 Å². The number of rotatable bonds is 6. The molecule has 0 saturated carbocycles. The van der Waals surface area contributed by atoms with E-state index >= 15 is 0 Å². The molecule has 16 heavy (non-hydrogen) atoms. The number of carbonyl (C=O) groups excluding carboxylic acids is 1. The summed E-state index contributed by atoms with van der Waals surface area (Å²) in [6, 6.07) is 0.230. The molecule has 0 aromatic heterocycles. The maximum Gasteiger partial charge on any atom is 0.221 e. The minimum absolute atomic E-state index is 0.000938. The largest absolute Gasteiger partial charge is 0.352 e. The third kappa shape index (κ3) is 4.94. The molecule has 1 rings (SSSR count). The van der Waals surface area contributed by atoms with E-state index in [0.29, 0.717) is 6.42 Å². The van der Waals surface area contributed by atoms with Gasteiger partial charge < -0.3 is 16.0 Å². The average molecular weight is 227 g/mol. The second-order valence-electron chi connectivity index (χ2n) is 4.85. The molecule has 1 aliphatic rings. The van der Waals surface area contributed by atoms with Gasteiger partial charge in [0, 0.05) is 25.0 Å². The van der Waals surface area contributed by atoms with E-state index in [2.05, 4.69) is 17.1 Å². The molecule has 0 aromatic rings. The highest BCUT2D eigenvalue weighted by atomic mass is 16.1. The lowest BCUT2D eigenvalue weighted by molar-refractivity contribution is -0.122. The van der Waals surface area contributed by atoms with Crippen LogP contribution in [-0.4, -0.2) is 42.5 Å². The van der Waals surface area contributed by atoms with Gasteiger partial charge in [-0.25, -0.2) is 0 Å². The summed E-state index contributed by atoms with van der Waals surface area (Å²) in [5, 5.41) is 3.01. The SMILES string of the molecule is CCC(N)CC(=O)NC(C)CN1CCCC1. The van der Waals surface area contributed by atoms with E-state index < -0.39 is 0 Å². The van der Waals surface area contributed by atoms with Gasteiger partial charge in [-0.2, -0.15) is 0 Å². The van der Waals surface area contributed by atoms with Gasteiger partial charge in [0.1, 0.15) is 0 Å². The fraction of sp³-hybridized carbons (Fsp3) is 0.917. The van der Waals surface area contributed by atoms with Crippen LogP contribution in [0.2, 0.25) is 0 Å². The Kier molecular flexibility index (Phi) is 5.77. The number of carbonyl (C=O) groups is 1. The Labute approximate surface area is 98.6 Å². The van der Waals surface area contributed by atoms with E-state index in [1.165, 1.54) is 25.9 Å². The Hall–Kier alpha value is -0.610.